The summed E-state index contributed by atoms with van der Waals surface area (Å²) in [6.07, 6.45) is 2.38. The Morgan fingerprint density at radius 3 is 2.88 bits per heavy atom. The van der Waals surface area contributed by atoms with Crippen molar-refractivity contribution in [3.63, 3.8) is 0 Å². The molecule has 0 saturated heterocycles. The third kappa shape index (κ3) is 3.61. The summed E-state index contributed by atoms with van der Waals surface area (Å²) in [7, 11) is 0. The minimum atomic E-state index is 0.559. The second-order valence-corrected chi connectivity index (χ2v) is 6.31. The summed E-state index contributed by atoms with van der Waals surface area (Å²) in [5.41, 5.74) is 4.95. The molecule has 3 rings (SSSR count). The number of rotatable bonds is 5. The molecule has 1 atom stereocenters. The first-order valence-corrected chi connectivity index (χ1v) is 8.70. The van der Waals surface area contributed by atoms with Gasteiger partial charge in [-0.25, -0.2) is 4.99 Å². The molecule has 0 saturated carbocycles. The minimum absolute atomic E-state index is 0.559. The van der Waals surface area contributed by atoms with E-state index in [9.17, 15) is 0 Å². The molecule has 0 fully saturated rings. The molecule has 0 bridgehead atoms. The van der Waals surface area contributed by atoms with Crippen molar-refractivity contribution in [2.75, 3.05) is 13.1 Å². The summed E-state index contributed by atoms with van der Waals surface area (Å²) in [5, 5.41) is 10.8. The van der Waals surface area contributed by atoms with Gasteiger partial charge in [-0.05, 0) is 44.7 Å². The molecular weight excluding hydrogens is 300 g/mol. The van der Waals surface area contributed by atoms with Crippen molar-refractivity contribution in [2.24, 2.45) is 4.99 Å². The number of guanidine groups is 1. The maximum atomic E-state index is 5.21. The third-order valence-corrected chi connectivity index (χ3v) is 4.69. The Bertz CT molecular complexity index is 700. The molecule has 1 aromatic carbocycles. The highest BCUT2D eigenvalue weighted by atomic mass is 16.5. The molecule has 24 heavy (non-hydrogen) atoms. The largest absolute Gasteiger partial charge is 0.361 e. The van der Waals surface area contributed by atoms with Crippen molar-refractivity contribution in [1.29, 1.82) is 0 Å². The average molecular weight is 326 g/mol. The van der Waals surface area contributed by atoms with Gasteiger partial charge in [0.2, 0.25) is 0 Å². The van der Waals surface area contributed by atoms with Gasteiger partial charge in [-0.1, -0.05) is 29.4 Å². The first-order chi connectivity index (χ1) is 11.7. The number of hydrogen-bond acceptors (Lipinski definition) is 3. The van der Waals surface area contributed by atoms with Gasteiger partial charge in [-0.2, -0.15) is 0 Å². The molecule has 2 aromatic rings. The predicted molar refractivity (Wildman–Crippen MR) is 96.3 cm³/mol. The van der Waals surface area contributed by atoms with Crippen LogP contribution in [0.4, 0.5) is 0 Å². The van der Waals surface area contributed by atoms with Gasteiger partial charge in [0.05, 0.1) is 12.2 Å². The van der Waals surface area contributed by atoms with Crippen LogP contribution in [0.1, 0.15) is 47.4 Å². The molecule has 128 valence electrons. The van der Waals surface area contributed by atoms with E-state index >= 15 is 0 Å². The summed E-state index contributed by atoms with van der Waals surface area (Å²) >= 11 is 0. The summed E-state index contributed by atoms with van der Waals surface area (Å²) in [5.74, 6) is 2.25. The van der Waals surface area contributed by atoms with Crippen LogP contribution in [0.15, 0.2) is 33.8 Å². The van der Waals surface area contributed by atoms with Gasteiger partial charge >= 0.3 is 0 Å². The number of aliphatic imine (C=N–C) groups is 1. The van der Waals surface area contributed by atoms with Gasteiger partial charge in [0, 0.05) is 24.6 Å². The normalized spacial score (nSPS) is 17.0. The molecule has 1 heterocycles. The highest BCUT2D eigenvalue weighted by molar-refractivity contribution is 5.79. The van der Waals surface area contributed by atoms with Gasteiger partial charge in [-0.15, -0.1) is 0 Å². The lowest BCUT2D eigenvalue weighted by molar-refractivity contribution is 0.392. The Kier molecular flexibility index (Phi) is 5.18. The molecular formula is C19H26N4O. The number of fused-ring (bicyclic) bond motifs is 1. The van der Waals surface area contributed by atoms with Crippen molar-refractivity contribution in [3.8, 4) is 0 Å². The standard InChI is InChI=1S/C19H26N4O/c1-4-20-19(22-12-18-13(2)23-24-14(18)3)21-11-16-10-9-15-7-5-6-8-17(15)16/h5-8,16H,4,9-12H2,1-3H3,(H2,20,21,22). The van der Waals surface area contributed by atoms with E-state index in [1.54, 1.807) is 0 Å². The Morgan fingerprint density at radius 2 is 2.12 bits per heavy atom. The maximum absolute atomic E-state index is 5.21. The smallest absolute Gasteiger partial charge is 0.191 e. The fraction of sp³-hybridized carbons (Fsp3) is 0.474. The van der Waals surface area contributed by atoms with E-state index in [1.807, 2.05) is 13.8 Å². The van der Waals surface area contributed by atoms with Crippen molar-refractivity contribution in [1.82, 2.24) is 15.8 Å². The lowest BCUT2D eigenvalue weighted by atomic mass is 10.0. The number of benzene rings is 1. The Labute approximate surface area is 143 Å². The first kappa shape index (κ1) is 16.6. The molecule has 0 aliphatic heterocycles. The molecule has 5 nitrogen and oxygen atoms in total. The van der Waals surface area contributed by atoms with Gasteiger partial charge in [0.25, 0.3) is 0 Å². The van der Waals surface area contributed by atoms with Crippen LogP contribution in [0, 0.1) is 13.8 Å². The molecule has 2 N–H and O–H groups in total. The van der Waals surface area contributed by atoms with E-state index in [4.69, 9.17) is 4.52 Å². The van der Waals surface area contributed by atoms with Crippen LogP contribution in [0.2, 0.25) is 0 Å². The summed E-state index contributed by atoms with van der Waals surface area (Å²) < 4.78 is 5.21. The summed E-state index contributed by atoms with van der Waals surface area (Å²) in [6, 6.07) is 8.76. The minimum Gasteiger partial charge on any atom is -0.361 e. The second kappa shape index (κ2) is 7.51. The highest BCUT2D eigenvalue weighted by Crippen LogP contribution is 2.32. The topological polar surface area (TPSA) is 62.5 Å². The van der Waals surface area contributed by atoms with Crippen LogP contribution in [0.3, 0.4) is 0 Å². The van der Waals surface area contributed by atoms with Crippen molar-refractivity contribution in [3.05, 3.63) is 52.4 Å². The molecule has 0 radical (unpaired) electrons. The molecule has 0 amide bonds. The summed E-state index contributed by atoms with van der Waals surface area (Å²) in [4.78, 5) is 4.69. The predicted octanol–water partition coefficient (Wildman–Crippen LogP) is 3.08. The maximum Gasteiger partial charge on any atom is 0.191 e. The zero-order valence-corrected chi connectivity index (χ0v) is 14.7. The van der Waals surface area contributed by atoms with Crippen LogP contribution in [0.25, 0.3) is 0 Å². The van der Waals surface area contributed by atoms with E-state index < -0.39 is 0 Å². The lowest BCUT2D eigenvalue weighted by Crippen LogP contribution is -2.39. The second-order valence-electron chi connectivity index (χ2n) is 6.31. The monoisotopic (exact) mass is 326 g/mol. The quantitative estimate of drug-likeness (QED) is 0.655. The average Bonchev–Trinajstić information content (AvgIpc) is 3.14. The van der Waals surface area contributed by atoms with Crippen molar-refractivity contribution in [2.45, 2.75) is 46.1 Å². The SMILES string of the molecule is CCNC(=NCc1c(C)noc1C)NCC1CCc2ccccc21. The molecule has 1 aliphatic carbocycles. The molecule has 5 heteroatoms. The zero-order chi connectivity index (χ0) is 16.9. The van der Waals surface area contributed by atoms with Crippen molar-refractivity contribution < 1.29 is 4.52 Å². The first-order valence-electron chi connectivity index (χ1n) is 8.70. The number of nitrogens with one attached hydrogen (secondary N) is 2. The third-order valence-electron chi connectivity index (χ3n) is 4.69. The van der Waals surface area contributed by atoms with Crippen LogP contribution in [-0.4, -0.2) is 24.2 Å². The Morgan fingerprint density at radius 1 is 1.29 bits per heavy atom. The fourth-order valence-corrected chi connectivity index (χ4v) is 3.30. The van der Waals surface area contributed by atoms with Crippen LogP contribution < -0.4 is 10.6 Å². The van der Waals surface area contributed by atoms with E-state index in [0.29, 0.717) is 12.5 Å². The Hall–Kier alpha value is -2.30. The fourth-order valence-electron chi connectivity index (χ4n) is 3.30. The van der Waals surface area contributed by atoms with E-state index in [0.717, 1.165) is 36.1 Å². The number of aromatic nitrogens is 1. The summed E-state index contributed by atoms with van der Waals surface area (Å²) in [6.45, 7) is 8.30. The van der Waals surface area contributed by atoms with Crippen LogP contribution in [-0.2, 0) is 13.0 Å². The van der Waals surface area contributed by atoms with E-state index in [2.05, 4.69) is 52.0 Å². The van der Waals surface area contributed by atoms with Gasteiger partial charge in [0.15, 0.2) is 5.96 Å². The lowest BCUT2D eigenvalue weighted by Gasteiger charge is -2.16. The van der Waals surface area contributed by atoms with Crippen LogP contribution in [0.5, 0.6) is 0 Å². The molecule has 1 unspecified atom stereocenters. The zero-order valence-electron chi connectivity index (χ0n) is 14.7. The number of nitrogens with zero attached hydrogens (tertiary/aromatic N) is 2. The molecule has 1 aromatic heterocycles. The highest BCUT2D eigenvalue weighted by Gasteiger charge is 2.21. The van der Waals surface area contributed by atoms with Crippen LogP contribution >= 0.6 is 0 Å². The number of hydrogen-bond donors (Lipinski definition) is 2. The Balaban J connectivity index is 1.63. The van der Waals surface area contributed by atoms with E-state index in [1.165, 1.54) is 24.0 Å². The van der Waals surface area contributed by atoms with E-state index in [-0.39, 0.29) is 0 Å². The molecule has 1 aliphatic rings. The molecule has 0 spiro atoms. The number of aryl methyl sites for hydroxylation is 3. The van der Waals surface area contributed by atoms with Gasteiger partial charge in [0.1, 0.15) is 5.76 Å². The van der Waals surface area contributed by atoms with Gasteiger partial charge < -0.3 is 15.2 Å². The van der Waals surface area contributed by atoms with Crippen molar-refractivity contribution >= 4 is 5.96 Å². The van der Waals surface area contributed by atoms with Gasteiger partial charge in [-0.3, -0.25) is 0 Å².